The topological polar surface area (TPSA) is 9.23 Å². The number of hydrogen-bond acceptors (Lipinski definition) is 1. The average Bonchev–Trinajstić information content (AvgIpc) is 2.30. The van der Waals surface area contributed by atoms with Crippen LogP contribution in [0.2, 0.25) is 0 Å². The van der Waals surface area contributed by atoms with Gasteiger partial charge in [0.1, 0.15) is 0 Å². The van der Waals surface area contributed by atoms with Crippen molar-refractivity contribution in [3.05, 3.63) is 40.4 Å². The Hall–Kier alpha value is -0.600. The lowest BCUT2D eigenvalue weighted by molar-refractivity contribution is 0.129. The van der Waals surface area contributed by atoms with Crippen LogP contribution in [0.15, 0.2) is 34.8 Å². The monoisotopic (exact) mass is 266 g/mol. The second-order valence-corrected chi connectivity index (χ2v) is 4.78. The van der Waals surface area contributed by atoms with Crippen molar-refractivity contribution in [1.82, 2.24) is 0 Å². The molecule has 15 heavy (non-hydrogen) atoms. The predicted molar refractivity (Wildman–Crippen MR) is 66.8 cm³/mol. The fourth-order valence-corrected chi connectivity index (χ4v) is 2.24. The quantitative estimate of drug-likeness (QED) is 0.786. The van der Waals surface area contributed by atoms with Crippen LogP contribution in [0.5, 0.6) is 0 Å². The SMILES string of the molecule is COC1C=C(c2ccc(Br)cc2)CCC1. The van der Waals surface area contributed by atoms with Gasteiger partial charge in [0.25, 0.3) is 0 Å². The van der Waals surface area contributed by atoms with E-state index >= 15 is 0 Å². The minimum Gasteiger partial charge on any atom is -0.377 e. The van der Waals surface area contributed by atoms with Crippen LogP contribution < -0.4 is 0 Å². The molecule has 0 amide bonds. The van der Waals surface area contributed by atoms with Crippen molar-refractivity contribution >= 4 is 21.5 Å². The standard InChI is InChI=1S/C13H15BrO/c1-15-13-4-2-3-11(9-13)10-5-7-12(14)8-6-10/h5-9,13H,2-4H2,1H3. The lowest BCUT2D eigenvalue weighted by Gasteiger charge is -2.20. The molecular weight excluding hydrogens is 252 g/mol. The summed E-state index contributed by atoms with van der Waals surface area (Å²) in [4.78, 5) is 0. The highest BCUT2D eigenvalue weighted by Crippen LogP contribution is 2.28. The molecule has 1 aromatic rings. The van der Waals surface area contributed by atoms with Gasteiger partial charge in [-0.05, 0) is 42.5 Å². The lowest BCUT2D eigenvalue weighted by atomic mass is 9.92. The third kappa shape index (κ3) is 2.70. The Morgan fingerprint density at radius 2 is 2.00 bits per heavy atom. The number of halogens is 1. The molecule has 1 unspecified atom stereocenters. The fraction of sp³-hybridized carbons (Fsp3) is 0.385. The fourth-order valence-electron chi connectivity index (χ4n) is 1.98. The molecule has 1 atom stereocenters. The predicted octanol–water partition coefficient (Wildman–Crippen LogP) is 4.03. The summed E-state index contributed by atoms with van der Waals surface area (Å²) in [5, 5.41) is 0. The zero-order chi connectivity index (χ0) is 10.7. The van der Waals surface area contributed by atoms with Crippen molar-refractivity contribution in [3.63, 3.8) is 0 Å². The maximum absolute atomic E-state index is 5.38. The van der Waals surface area contributed by atoms with Gasteiger partial charge in [0.05, 0.1) is 6.10 Å². The van der Waals surface area contributed by atoms with E-state index in [2.05, 4.69) is 46.3 Å². The van der Waals surface area contributed by atoms with Crippen LogP contribution in [0, 0.1) is 0 Å². The van der Waals surface area contributed by atoms with Gasteiger partial charge >= 0.3 is 0 Å². The van der Waals surface area contributed by atoms with E-state index in [0.29, 0.717) is 6.10 Å². The lowest BCUT2D eigenvalue weighted by Crippen LogP contribution is -2.11. The summed E-state index contributed by atoms with van der Waals surface area (Å²) in [6, 6.07) is 8.50. The smallest absolute Gasteiger partial charge is 0.0758 e. The van der Waals surface area contributed by atoms with Crippen molar-refractivity contribution in [3.8, 4) is 0 Å². The molecule has 0 aliphatic heterocycles. The zero-order valence-corrected chi connectivity index (χ0v) is 10.5. The summed E-state index contributed by atoms with van der Waals surface area (Å²) >= 11 is 3.45. The molecule has 0 bridgehead atoms. The van der Waals surface area contributed by atoms with Gasteiger partial charge in [0.15, 0.2) is 0 Å². The average molecular weight is 267 g/mol. The Balaban J connectivity index is 2.22. The van der Waals surface area contributed by atoms with Crippen LogP contribution in [0.3, 0.4) is 0 Å². The van der Waals surface area contributed by atoms with Crippen LogP contribution in [-0.4, -0.2) is 13.2 Å². The Morgan fingerprint density at radius 1 is 1.27 bits per heavy atom. The van der Waals surface area contributed by atoms with Gasteiger partial charge in [-0.25, -0.2) is 0 Å². The van der Waals surface area contributed by atoms with Crippen LogP contribution in [0.1, 0.15) is 24.8 Å². The summed E-state index contributed by atoms with van der Waals surface area (Å²) in [6.45, 7) is 0. The van der Waals surface area contributed by atoms with Crippen molar-refractivity contribution in [2.75, 3.05) is 7.11 Å². The second-order valence-electron chi connectivity index (χ2n) is 3.87. The van der Waals surface area contributed by atoms with Gasteiger partial charge in [0.2, 0.25) is 0 Å². The number of methoxy groups -OCH3 is 1. The minimum absolute atomic E-state index is 0.303. The van der Waals surface area contributed by atoms with E-state index in [0.717, 1.165) is 10.9 Å². The Kier molecular flexibility index (Phi) is 3.60. The number of rotatable bonds is 2. The summed E-state index contributed by atoms with van der Waals surface area (Å²) in [5.41, 5.74) is 2.74. The molecule has 0 heterocycles. The van der Waals surface area contributed by atoms with E-state index in [-0.39, 0.29) is 0 Å². The number of hydrogen-bond donors (Lipinski definition) is 0. The van der Waals surface area contributed by atoms with Crippen LogP contribution >= 0.6 is 15.9 Å². The molecule has 0 spiro atoms. The maximum Gasteiger partial charge on any atom is 0.0758 e. The number of allylic oxidation sites excluding steroid dienone is 1. The molecule has 1 aromatic carbocycles. The van der Waals surface area contributed by atoms with E-state index in [1.54, 1.807) is 7.11 Å². The van der Waals surface area contributed by atoms with Gasteiger partial charge in [-0.2, -0.15) is 0 Å². The molecule has 2 rings (SSSR count). The highest BCUT2D eigenvalue weighted by atomic mass is 79.9. The largest absolute Gasteiger partial charge is 0.377 e. The summed E-state index contributed by atoms with van der Waals surface area (Å²) in [7, 11) is 1.78. The highest BCUT2D eigenvalue weighted by molar-refractivity contribution is 9.10. The van der Waals surface area contributed by atoms with Gasteiger partial charge in [0, 0.05) is 11.6 Å². The first-order chi connectivity index (χ1) is 7.29. The van der Waals surface area contributed by atoms with Crippen molar-refractivity contribution in [2.45, 2.75) is 25.4 Å². The molecule has 0 saturated heterocycles. The second kappa shape index (κ2) is 4.95. The van der Waals surface area contributed by atoms with Crippen molar-refractivity contribution in [1.29, 1.82) is 0 Å². The van der Waals surface area contributed by atoms with Gasteiger partial charge < -0.3 is 4.74 Å². The molecule has 1 aliphatic carbocycles. The zero-order valence-electron chi connectivity index (χ0n) is 8.87. The van der Waals surface area contributed by atoms with E-state index in [4.69, 9.17) is 4.74 Å². The number of ether oxygens (including phenoxy) is 1. The third-order valence-electron chi connectivity index (χ3n) is 2.84. The molecule has 0 N–H and O–H groups in total. The summed E-state index contributed by atoms with van der Waals surface area (Å²) in [5.74, 6) is 0. The Morgan fingerprint density at radius 3 is 2.67 bits per heavy atom. The van der Waals surface area contributed by atoms with E-state index in [9.17, 15) is 0 Å². The van der Waals surface area contributed by atoms with E-state index < -0.39 is 0 Å². The molecule has 0 radical (unpaired) electrons. The molecule has 0 fully saturated rings. The molecule has 80 valence electrons. The first-order valence-corrected chi connectivity index (χ1v) is 6.08. The Labute approximate surface area is 99.3 Å². The van der Waals surface area contributed by atoms with Crippen molar-refractivity contribution in [2.24, 2.45) is 0 Å². The first-order valence-electron chi connectivity index (χ1n) is 5.29. The number of benzene rings is 1. The van der Waals surface area contributed by atoms with Crippen LogP contribution in [-0.2, 0) is 4.74 Å². The molecule has 0 aromatic heterocycles. The van der Waals surface area contributed by atoms with Gasteiger partial charge in [-0.1, -0.05) is 34.1 Å². The summed E-state index contributed by atoms with van der Waals surface area (Å²) < 4.78 is 6.51. The molecule has 2 heteroatoms. The first kappa shape index (κ1) is 10.9. The van der Waals surface area contributed by atoms with Gasteiger partial charge in [-0.15, -0.1) is 0 Å². The van der Waals surface area contributed by atoms with Crippen molar-refractivity contribution < 1.29 is 4.74 Å². The highest BCUT2D eigenvalue weighted by Gasteiger charge is 2.13. The molecular formula is C13H15BrO. The normalized spacial score (nSPS) is 21.2. The van der Waals surface area contributed by atoms with E-state index in [1.807, 2.05) is 0 Å². The summed E-state index contributed by atoms with van der Waals surface area (Å²) in [6.07, 6.45) is 6.10. The molecule has 1 aliphatic rings. The Bertz CT molecular complexity index is 353. The minimum atomic E-state index is 0.303. The maximum atomic E-state index is 5.38. The van der Waals surface area contributed by atoms with Crippen LogP contribution in [0.25, 0.3) is 5.57 Å². The van der Waals surface area contributed by atoms with E-state index in [1.165, 1.54) is 24.0 Å². The van der Waals surface area contributed by atoms with Crippen LogP contribution in [0.4, 0.5) is 0 Å². The van der Waals surface area contributed by atoms with Gasteiger partial charge in [-0.3, -0.25) is 0 Å². The molecule has 1 nitrogen and oxygen atoms in total. The third-order valence-corrected chi connectivity index (χ3v) is 3.37. The molecule has 0 saturated carbocycles.